The van der Waals surface area contributed by atoms with Crippen LogP contribution in [0.5, 0.6) is 28.7 Å². The van der Waals surface area contributed by atoms with Crippen molar-refractivity contribution < 1.29 is 79.5 Å². The van der Waals surface area contributed by atoms with Gasteiger partial charge in [0.05, 0.1) is 12.7 Å². The first-order chi connectivity index (χ1) is 20.8. The predicted octanol–water partition coefficient (Wildman–Crippen LogP) is -1.76. The van der Waals surface area contributed by atoms with E-state index in [-0.39, 0.29) is 11.1 Å². The monoisotopic (exact) mass is 626 g/mol. The number of hydrogen-bond acceptors (Lipinski definition) is 17. The van der Waals surface area contributed by atoms with E-state index >= 15 is 0 Å². The van der Waals surface area contributed by atoms with Gasteiger partial charge in [-0.2, -0.15) is 4.89 Å². The van der Waals surface area contributed by atoms with Crippen LogP contribution in [0.1, 0.15) is 6.92 Å². The summed E-state index contributed by atoms with van der Waals surface area (Å²) in [6.45, 7) is 0.572. The highest BCUT2D eigenvalue weighted by atomic mass is 17.2. The summed E-state index contributed by atoms with van der Waals surface area (Å²) in [7, 11) is 0. The lowest BCUT2D eigenvalue weighted by Gasteiger charge is -2.45. The summed E-state index contributed by atoms with van der Waals surface area (Å²) in [6, 6.07) is 5.22. The van der Waals surface area contributed by atoms with Crippen molar-refractivity contribution in [2.75, 3.05) is 6.61 Å². The number of fused-ring (bicyclic) bond motifs is 1. The van der Waals surface area contributed by atoms with Crippen LogP contribution in [0.25, 0.3) is 22.3 Å². The number of phenols is 4. The molecule has 10 unspecified atom stereocenters. The van der Waals surface area contributed by atoms with Gasteiger partial charge in [0.2, 0.25) is 11.7 Å². The van der Waals surface area contributed by atoms with E-state index in [0.29, 0.717) is 0 Å². The van der Waals surface area contributed by atoms with Gasteiger partial charge in [0.15, 0.2) is 23.5 Å². The maximum Gasteiger partial charge on any atom is 0.256 e. The third-order valence-electron chi connectivity index (χ3n) is 7.31. The topological polar surface area (TPSA) is 279 Å². The van der Waals surface area contributed by atoms with Crippen molar-refractivity contribution in [3.05, 3.63) is 40.6 Å². The Hall–Kier alpha value is -3.75. The Morgan fingerprint density at radius 2 is 1.52 bits per heavy atom. The largest absolute Gasteiger partial charge is 0.508 e. The van der Waals surface area contributed by atoms with Gasteiger partial charge in [-0.3, -0.25) is 4.79 Å². The zero-order chi connectivity index (χ0) is 32.0. The number of ether oxygens (including phenoxy) is 3. The van der Waals surface area contributed by atoms with Gasteiger partial charge in [0, 0.05) is 17.7 Å². The number of aliphatic hydroxyl groups is 6. The Bertz CT molecular complexity index is 1560. The summed E-state index contributed by atoms with van der Waals surface area (Å²) in [5, 5.41) is 101. The zero-order valence-corrected chi connectivity index (χ0v) is 22.7. The molecule has 10 atom stereocenters. The van der Waals surface area contributed by atoms with Crippen molar-refractivity contribution in [1.29, 1.82) is 0 Å². The van der Waals surface area contributed by atoms with Gasteiger partial charge in [-0.15, -0.1) is 0 Å². The smallest absolute Gasteiger partial charge is 0.256 e. The summed E-state index contributed by atoms with van der Waals surface area (Å²) in [4.78, 5) is 24.2. The molecule has 0 amide bonds. The number of hydrogen-bond donors (Lipinski definition) is 10. The maximum absolute atomic E-state index is 13.5. The van der Waals surface area contributed by atoms with Crippen molar-refractivity contribution in [3.8, 4) is 40.1 Å². The van der Waals surface area contributed by atoms with Crippen LogP contribution in [0.4, 0.5) is 0 Å². The Labute approximate surface area is 246 Å². The fourth-order valence-electron chi connectivity index (χ4n) is 4.85. The highest BCUT2D eigenvalue weighted by Crippen LogP contribution is 2.39. The first kappa shape index (κ1) is 31.7. The molecule has 0 radical (unpaired) electrons. The van der Waals surface area contributed by atoms with Crippen molar-refractivity contribution in [2.45, 2.75) is 68.3 Å². The van der Waals surface area contributed by atoms with Crippen LogP contribution < -0.4 is 10.3 Å². The first-order valence-electron chi connectivity index (χ1n) is 13.2. The Morgan fingerprint density at radius 3 is 2.20 bits per heavy atom. The van der Waals surface area contributed by atoms with E-state index in [0.717, 1.165) is 24.3 Å². The molecule has 0 spiro atoms. The second-order valence-electron chi connectivity index (χ2n) is 10.3. The summed E-state index contributed by atoms with van der Waals surface area (Å²) in [5.41, 5.74) is -1.38. The molecule has 5 rings (SSSR count). The van der Waals surface area contributed by atoms with Gasteiger partial charge in [-0.25, -0.2) is 0 Å². The van der Waals surface area contributed by atoms with Gasteiger partial charge < -0.3 is 74.6 Å². The first-order valence-corrected chi connectivity index (χ1v) is 13.2. The van der Waals surface area contributed by atoms with E-state index in [1.54, 1.807) is 0 Å². The van der Waals surface area contributed by atoms with Crippen LogP contribution in [0.3, 0.4) is 0 Å². The minimum absolute atomic E-state index is 0.0387. The Balaban J connectivity index is 1.51. The van der Waals surface area contributed by atoms with E-state index in [9.17, 15) is 55.9 Å². The number of aromatic hydroxyl groups is 4. The standard InChI is InChI=1S/C27H30O17/c1-8-17(33)21(37)25(42-26-22(38)20(36)18(34)15(7-28)41-26)27(39-8)44-43-24-19(35)16-13(32)5-10(29)6-14(16)40-23(24)9-2-3-11(30)12(31)4-9/h2-6,8,15,17-18,20-22,25-34,36-38H,7H2,1H3. The molecule has 3 aromatic rings. The second-order valence-corrected chi connectivity index (χ2v) is 10.3. The lowest BCUT2D eigenvalue weighted by Crippen LogP contribution is -2.64. The number of benzene rings is 2. The maximum atomic E-state index is 13.5. The molecule has 2 aliphatic rings. The zero-order valence-electron chi connectivity index (χ0n) is 22.7. The summed E-state index contributed by atoms with van der Waals surface area (Å²) in [6.07, 6.45) is -16.7. The van der Waals surface area contributed by atoms with E-state index < -0.39 is 113 Å². The molecule has 2 aromatic carbocycles. The highest BCUT2D eigenvalue weighted by Gasteiger charge is 2.51. The highest BCUT2D eigenvalue weighted by molar-refractivity contribution is 5.88. The summed E-state index contributed by atoms with van der Waals surface area (Å²) >= 11 is 0. The van der Waals surface area contributed by atoms with Crippen LogP contribution >= 0.6 is 0 Å². The van der Waals surface area contributed by atoms with Crippen LogP contribution in [-0.2, 0) is 19.1 Å². The van der Waals surface area contributed by atoms with E-state index in [1.165, 1.54) is 13.0 Å². The summed E-state index contributed by atoms with van der Waals surface area (Å²) in [5.74, 6) is -3.41. The summed E-state index contributed by atoms with van der Waals surface area (Å²) < 4.78 is 22.2. The van der Waals surface area contributed by atoms with E-state index in [2.05, 4.69) is 0 Å². The van der Waals surface area contributed by atoms with Crippen molar-refractivity contribution in [1.82, 2.24) is 0 Å². The Morgan fingerprint density at radius 1 is 0.795 bits per heavy atom. The fourth-order valence-corrected chi connectivity index (χ4v) is 4.85. The minimum Gasteiger partial charge on any atom is -0.508 e. The lowest BCUT2D eigenvalue weighted by atomic mass is 9.97. The Kier molecular flexibility index (Phi) is 8.87. The molecule has 3 heterocycles. The molecule has 240 valence electrons. The lowest BCUT2D eigenvalue weighted by molar-refractivity contribution is -0.411. The molecule has 1 aromatic heterocycles. The van der Waals surface area contributed by atoms with Crippen LogP contribution in [-0.4, -0.2) is 119 Å². The molecule has 2 aliphatic heterocycles. The second kappa shape index (κ2) is 12.3. The normalized spacial score (nSPS) is 32.5. The SMILES string of the molecule is CC1OC(OOc2c(-c3ccc(O)c(O)c3)oc3cc(O)cc(O)c3c2=O)C(OC2OC(CO)C(O)C(O)C2O)C(O)C1O. The molecule has 10 N–H and O–H groups in total. The van der Waals surface area contributed by atoms with Gasteiger partial charge in [-0.1, -0.05) is 0 Å². The van der Waals surface area contributed by atoms with Crippen molar-refractivity contribution >= 4 is 11.0 Å². The molecule has 2 saturated heterocycles. The number of rotatable bonds is 7. The average Bonchev–Trinajstić information content (AvgIpc) is 2.98. The van der Waals surface area contributed by atoms with Crippen LogP contribution in [0.2, 0.25) is 0 Å². The van der Waals surface area contributed by atoms with E-state index in [1.807, 2.05) is 0 Å². The predicted molar refractivity (Wildman–Crippen MR) is 141 cm³/mol. The fraction of sp³-hybridized carbons (Fsp3) is 0.444. The van der Waals surface area contributed by atoms with Crippen molar-refractivity contribution in [2.24, 2.45) is 0 Å². The molecule has 0 bridgehead atoms. The third-order valence-corrected chi connectivity index (χ3v) is 7.31. The molecular formula is C27H30O17. The minimum atomic E-state index is -1.90. The third kappa shape index (κ3) is 5.73. The number of phenolic OH excluding ortho intramolecular Hbond substituents is 4. The van der Waals surface area contributed by atoms with E-state index in [4.69, 9.17) is 28.4 Å². The molecule has 2 fully saturated rings. The molecule has 0 saturated carbocycles. The molecular weight excluding hydrogens is 596 g/mol. The average molecular weight is 627 g/mol. The molecule has 0 aliphatic carbocycles. The molecule has 17 heteroatoms. The molecule has 17 nitrogen and oxygen atoms in total. The van der Waals surface area contributed by atoms with Crippen LogP contribution in [0.15, 0.2) is 39.5 Å². The quantitative estimate of drug-likeness (QED) is 0.0790. The van der Waals surface area contributed by atoms with Gasteiger partial charge in [0.1, 0.15) is 65.2 Å². The van der Waals surface area contributed by atoms with Gasteiger partial charge in [-0.05, 0) is 25.1 Å². The van der Waals surface area contributed by atoms with Crippen LogP contribution in [0, 0.1) is 0 Å². The van der Waals surface area contributed by atoms with Gasteiger partial charge in [0.25, 0.3) is 5.75 Å². The van der Waals surface area contributed by atoms with Crippen molar-refractivity contribution in [3.63, 3.8) is 0 Å². The molecule has 44 heavy (non-hydrogen) atoms. The van der Waals surface area contributed by atoms with Gasteiger partial charge >= 0.3 is 0 Å². The number of aliphatic hydroxyl groups excluding tert-OH is 6.